The molecule has 7 heavy (non-hydrogen) atoms. The van der Waals surface area contributed by atoms with Gasteiger partial charge in [-0.1, -0.05) is 0 Å². The van der Waals surface area contributed by atoms with Crippen LogP contribution in [0.25, 0.3) is 0 Å². The lowest BCUT2D eigenvalue weighted by atomic mass is 15.9. The monoisotopic (exact) mass is 144 g/mol. The standard InChI is InChI=1S/HO5PS/c1-6(2)7(3,4)5/h(H,3,4,5). The summed E-state index contributed by atoms with van der Waals surface area (Å²) in [6, 6.07) is 0. The molecule has 42 valence electrons. The normalized spacial score (nSPS) is 11.0. The molecule has 1 N–H and O–H groups in total. The first-order chi connectivity index (χ1) is 2.94. The van der Waals surface area contributed by atoms with E-state index in [-0.39, 0.29) is 0 Å². The summed E-state index contributed by atoms with van der Waals surface area (Å²) in [4.78, 5) is 0. The van der Waals surface area contributed by atoms with E-state index in [0.29, 0.717) is 0 Å². The topological polar surface area (TPSA) is 88.5 Å². The molecule has 0 atom stereocenters. The van der Waals surface area contributed by atoms with E-state index in [1.165, 1.54) is 0 Å². The lowest BCUT2D eigenvalue weighted by Gasteiger charge is -1.68. The Morgan fingerprint density at radius 3 is 1.43 bits per heavy atom. The Morgan fingerprint density at radius 1 is 1.29 bits per heavy atom. The minimum absolute atomic E-state index is 3.71. The predicted molar refractivity (Wildman–Crippen MR) is 19.8 cm³/mol. The van der Waals surface area contributed by atoms with E-state index in [1.807, 2.05) is 0 Å². The van der Waals surface area contributed by atoms with Crippen LogP contribution in [0.5, 0.6) is 0 Å². The summed E-state index contributed by atoms with van der Waals surface area (Å²) in [5.41, 5.74) is 0. The van der Waals surface area contributed by atoms with Crippen molar-refractivity contribution in [2.45, 2.75) is 0 Å². The van der Waals surface area contributed by atoms with Gasteiger partial charge in [-0.15, -0.1) is 0 Å². The first kappa shape index (κ1) is 6.81. The minimum atomic E-state index is -4.79. The van der Waals surface area contributed by atoms with Gasteiger partial charge in [0.2, 0.25) is 0 Å². The average molecular weight is 144 g/mol. The molecule has 0 saturated heterocycles. The third-order valence-electron chi connectivity index (χ3n) is 0.188. The van der Waals surface area contributed by atoms with Crippen molar-refractivity contribution >= 4 is 16.6 Å². The zero-order valence-corrected chi connectivity index (χ0v) is 4.65. The van der Waals surface area contributed by atoms with E-state index >= 15 is 0 Å². The quantitative estimate of drug-likeness (QED) is 0.412. The molecule has 0 rings (SSSR count). The minimum Gasteiger partial charge on any atom is -0.274 e. The molecular formula is HO5PS. The Labute approximate surface area is 39.7 Å². The Morgan fingerprint density at radius 2 is 1.43 bits per heavy atom. The first-order valence-corrected chi connectivity index (χ1v) is 4.29. The van der Waals surface area contributed by atoms with Crippen molar-refractivity contribution in [3.8, 4) is 0 Å². The fraction of sp³-hybridized carbons (Fsp3) is 0. The molecule has 5 nitrogen and oxygen atoms in total. The molecule has 0 aromatic rings. The molecule has 0 aliphatic rings. The Hall–Kier alpha value is -0.190. The summed E-state index contributed by atoms with van der Waals surface area (Å²) >= 11 is 0. The second-order valence-corrected chi connectivity index (χ2v) is 4.29. The van der Waals surface area contributed by atoms with E-state index in [0.717, 1.165) is 0 Å². The highest BCUT2D eigenvalue weighted by molar-refractivity contribution is 8.38. The van der Waals surface area contributed by atoms with Gasteiger partial charge in [0.15, 0.2) is 0 Å². The second-order valence-electron chi connectivity index (χ2n) is 0.671. The molecule has 0 heterocycles. The maximum Gasteiger partial charge on any atom is 0.463 e. The molecule has 0 saturated carbocycles. The third-order valence-corrected chi connectivity index (χ3v) is 1.70. The van der Waals surface area contributed by atoms with Crippen molar-refractivity contribution in [1.29, 1.82) is 0 Å². The molecule has 0 aliphatic carbocycles. The van der Waals surface area contributed by atoms with E-state index in [1.54, 1.807) is 0 Å². The smallest absolute Gasteiger partial charge is 0.274 e. The molecular weight excluding hydrogens is 143 g/mol. The fourth-order valence-corrected chi connectivity index (χ4v) is 0. The van der Waals surface area contributed by atoms with Crippen molar-refractivity contribution in [1.82, 2.24) is 0 Å². The van der Waals surface area contributed by atoms with Crippen LogP contribution in [0.15, 0.2) is 0 Å². The van der Waals surface area contributed by atoms with Crippen LogP contribution in [0, 0.1) is 0 Å². The maximum absolute atomic E-state index is 9.29. The molecule has 0 amide bonds. The molecule has 0 aromatic heterocycles. The molecule has 0 aliphatic heterocycles. The lowest BCUT2D eigenvalue weighted by molar-refractivity contribution is 0.480. The fourth-order valence-electron chi connectivity index (χ4n) is 0. The van der Waals surface area contributed by atoms with Crippen molar-refractivity contribution in [3.63, 3.8) is 0 Å². The van der Waals surface area contributed by atoms with Gasteiger partial charge in [-0.3, -0.25) is 4.55 Å². The number of rotatable bonds is 1. The van der Waals surface area contributed by atoms with Crippen LogP contribution in [0.1, 0.15) is 0 Å². The van der Waals surface area contributed by atoms with E-state index in [9.17, 15) is 17.5 Å². The molecule has 0 spiro atoms. The van der Waals surface area contributed by atoms with Crippen LogP contribution in [-0.2, 0) is 18.9 Å². The van der Waals surface area contributed by atoms with E-state index in [2.05, 4.69) is 0 Å². The number of hydrogen-bond acceptors (Lipinski definition) is 4. The van der Waals surface area contributed by atoms with Gasteiger partial charge < -0.3 is 0 Å². The highest BCUT2D eigenvalue weighted by Crippen LogP contribution is 2.10. The summed E-state index contributed by atoms with van der Waals surface area (Å²) in [5.74, 6) is 0. The van der Waals surface area contributed by atoms with Crippen molar-refractivity contribution in [2.24, 2.45) is 0 Å². The van der Waals surface area contributed by atoms with E-state index < -0.39 is 16.6 Å². The average Bonchev–Trinajstić information content (AvgIpc) is 1.31. The second kappa shape index (κ2) is 1.73. The van der Waals surface area contributed by atoms with Crippen LogP contribution in [0.4, 0.5) is 0 Å². The third kappa shape index (κ3) is 2.50. The van der Waals surface area contributed by atoms with Crippen molar-refractivity contribution < 1.29 is 22.1 Å². The molecule has 0 unspecified atom stereocenters. The van der Waals surface area contributed by atoms with Crippen LogP contribution < -0.4 is 0 Å². The molecule has 0 aromatic carbocycles. The SMILES string of the molecule is O=P(=O)S(=O)(=O)O. The summed E-state index contributed by atoms with van der Waals surface area (Å²) < 4.78 is 44.5. The van der Waals surface area contributed by atoms with Gasteiger partial charge in [0.1, 0.15) is 0 Å². The highest BCUT2D eigenvalue weighted by atomic mass is 32.8. The van der Waals surface area contributed by atoms with Crippen LogP contribution in [-0.4, -0.2) is 13.0 Å². The summed E-state index contributed by atoms with van der Waals surface area (Å²) in [6.45, 7) is -3.71. The van der Waals surface area contributed by atoms with Gasteiger partial charge in [-0.25, -0.2) is 9.13 Å². The predicted octanol–water partition coefficient (Wildman–Crippen LogP) is -0.0379. The Bertz CT molecular complexity index is 196. The van der Waals surface area contributed by atoms with Crippen LogP contribution in [0.2, 0.25) is 0 Å². The van der Waals surface area contributed by atoms with Crippen LogP contribution >= 0.6 is 6.88 Å². The van der Waals surface area contributed by atoms with Gasteiger partial charge in [-0.2, -0.15) is 8.42 Å². The number of hydrogen-bond donors (Lipinski definition) is 1. The summed E-state index contributed by atoms with van der Waals surface area (Å²) in [5, 5.41) is 0. The first-order valence-electron chi connectivity index (χ1n) is 1.06. The lowest BCUT2D eigenvalue weighted by Crippen LogP contribution is -1.81. The van der Waals surface area contributed by atoms with Gasteiger partial charge >= 0.3 is 16.6 Å². The van der Waals surface area contributed by atoms with E-state index in [4.69, 9.17) is 4.55 Å². The molecule has 0 fully saturated rings. The van der Waals surface area contributed by atoms with Gasteiger partial charge in [0.05, 0.1) is 0 Å². The maximum atomic E-state index is 9.29. The molecule has 0 radical (unpaired) electrons. The van der Waals surface area contributed by atoms with Gasteiger partial charge in [0.25, 0.3) is 0 Å². The molecule has 7 heteroatoms. The zero-order valence-electron chi connectivity index (χ0n) is 2.94. The Balaban J connectivity index is 4.82. The van der Waals surface area contributed by atoms with Crippen molar-refractivity contribution in [2.75, 3.05) is 0 Å². The Kier molecular flexibility index (Phi) is 1.68. The van der Waals surface area contributed by atoms with Gasteiger partial charge in [0, 0.05) is 0 Å². The van der Waals surface area contributed by atoms with Crippen LogP contribution in [0.3, 0.4) is 0 Å². The highest BCUT2D eigenvalue weighted by Gasteiger charge is 2.09. The summed E-state index contributed by atoms with van der Waals surface area (Å²) in [6.07, 6.45) is 0. The summed E-state index contributed by atoms with van der Waals surface area (Å²) in [7, 11) is -4.79. The van der Waals surface area contributed by atoms with Crippen molar-refractivity contribution in [3.05, 3.63) is 0 Å². The largest absolute Gasteiger partial charge is 0.463 e. The molecule has 0 bridgehead atoms. The van der Waals surface area contributed by atoms with Gasteiger partial charge in [-0.05, 0) is 0 Å². The zero-order chi connectivity index (χ0) is 6.08.